The van der Waals surface area contributed by atoms with Gasteiger partial charge in [-0.1, -0.05) is 48.0 Å². The van der Waals surface area contributed by atoms with Crippen LogP contribution in [-0.2, 0) is 6.54 Å². The van der Waals surface area contributed by atoms with E-state index in [4.69, 9.17) is 0 Å². The van der Waals surface area contributed by atoms with Gasteiger partial charge < -0.3 is 5.21 Å². The molecule has 0 aliphatic rings. The van der Waals surface area contributed by atoms with Gasteiger partial charge in [-0.05, 0) is 19.1 Å². The highest BCUT2D eigenvalue weighted by atomic mass is 16.5. The van der Waals surface area contributed by atoms with Crippen molar-refractivity contribution in [3.63, 3.8) is 0 Å². The second-order valence-corrected chi connectivity index (χ2v) is 4.10. The van der Waals surface area contributed by atoms with Crippen molar-refractivity contribution in [2.24, 2.45) is 0 Å². The van der Waals surface area contributed by atoms with Gasteiger partial charge in [-0.15, -0.1) is 0 Å². The van der Waals surface area contributed by atoms with Crippen LogP contribution in [0.25, 0.3) is 0 Å². The van der Waals surface area contributed by atoms with E-state index in [2.05, 4.69) is 0 Å². The molecule has 0 unspecified atom stereocenters. The Morgan fingerprint density at radius 3 is 2.29 bits per heavy atom. The number of hydrogen-bond acceptors (Lipinski definition) is 1. The molecule has 0 radical (unpaired) electrons. The fraction of sp³-hybridized carbons (Fsp3) is 0.133. The van der Waals surface area contributed by atoms with Gasteiger partial charge in [0.1, 0.15) is 0 Å². The summed E-state index contributed by atoms with van der Waals surface area (Å²) >= 11 is 0. The molecular weight excluding hydrogens is 210 g/mol. The molecule has 0 heterocycles. The van der Waals surface area contributed by atoms with Crippen molar-refractivity contribution in [2.45, 2.75) is 13.5 Å². The molecule has 0 bridgehead atoms. The summed E-state index contributed by atoms with van der Waals surface area (Å²) in [7, 11) is 0. The van der Waals surface area contributed by atoms with Crippen molar-refractivity contribution in [1.82, 2.24) is 0 Å². The molecule has 0 saturated heterocycles. The molecule has 0 aliphatic heterocycles. The predicted octanol–water partition coefficient (Wildman–Crippen LogP) is 3.12. The maximum Gasteiger partial charge on any atom is 0.182 e. The molecule has 0 amide bonds. The summed E-state index contributed by atoms with van der Waals surface area (Å²) in [5.41, 5.74) is 3.15. The molecule has 2 aromatic rings. The lowest BCUT2D eigenvalue weighted by atomic mass is 10.2. The van der Waals surface area contributed by atoms with Gasteiger partial charge in [-0.3, -0.25) is 0 Å². The van der Waals surface area contributed by atoms with Crippen LogP contribution in [0.5, 0.6) is 0 Å². The molecule has 0 fully saturated rings. The van der Waals surface area contributed by atoms with Crippen LogP contribution in [0.2, 0.25) is 0 Å². The zero-order valence-corrected chi connectivity index (χ0v) is 9.84. The molecule has 0 atom stereocenters. The van der Waals surface area contributed by atoms with E-state index in [0.29, 0.717) is 6.54 Å². The highest BCUT2D eigenvalue weighted by Gasteiger charge is 1.98. The van der Waals surface area contributed by atoms with Crippen molar-refractivity contribution in [3.8, 4) is 0 Å². The van der Waals surface area contributed by atoms with Crippen molar-refractivity contribution in [3.05, 3.63) is 76.5 Å². The average molecular weight is 225 g/mol. The summed E-state index contributed by atoms with van der Waals surface area (Å²) in [6.45, 7) is 2.41. The number of hydrogen-bond donors (Lipinski definition) is 0. The first kappa shape index (κ1) is 11.4. The van der Waals surface area contributed by atoms with E-state index in [-0.39, 0.29) is 0 Å². The van der Waals surface area contributed by atoms with Gasteiger partial charge in [0.2, 0.25) is 0 Å². The lowest BCUT2D eigenvalue weighted by Gasteiger charge is -2.04. The first-order chi connectivity index (χ1) is 8.24. The first-order valence-corrected chi connectivity index (χ1v) is 5.63. The largest absolute Gasteiger partial charge is 0.624 e. The zero-order valence-electron chi connectivity index (χ0n) is 9.84. The van der Waals surface area contributed by atoms with E-state index >= 15 is 0 Å². The van der Waals surface area contributed by atoms with E-state index in [0.717, 1.165) is 15.9 Å². The number of hydroxylamine groups is 1. The maximum absolute atomic E-state index is 11.7. The van der Waals surface area contributed by atoms with Gasteiger partial charge in [0.15, 0.2) is 12.8 Å². The smallest absolute Gasteiger partial charge is 0.182 e. The summed E-state index contributed by atoms with van der Waals surface area (Å²) in [6, 6.07) is 17.6. The minimum Gasteiger partial charge on any atom is -0.624 e. The van der Waals surface area contributed by atoms with Gasteiger partial charge in [0.05, 0.1) is 0 Å². The van der Waals surface area contributed by atoms with Crippen LogP contribution >= 0.6 is 0 Å². The topological polar surface area (TPSA) is 26.1 Å². The number of nitrogens with zero attached hydrogens (tertiary/aromatic N) is 1. The van der Waals surface area contributed by atoms with Gasteiger partial charge >= 0.3 is 0 Å². The Hall–Kier alpha value is -2.09. The van der Waals surface area contributed by atoms with Gasteiger partial charge in [-0.25, -0.2) is 4.74 Å². The quantitative estimate of drug-likeness (QED) is 0.341. The minimum absolute atomic E-state index is 0.384. The summed E-state index contributed by atoms with van der Waals surface area (Å²) in [6.07, 6.45) is 1.62. The molecule has 2 heteroatoms. The molecule has 2 nitrogen and oxygen atoms in total. The van der Waals surface area contributed by atoms with Gasteiger partial charge in [-0.2, -0.15) is 0 Å². The summed E-state index contributed by atoms with van der Waals surface area (Å²) in [5.74, 6) is 0. The minimum atomic E-state index is 0.384. The Morgan fingerprint density at radius 1 is 1.00 bits per heavy atom. The van der Waals surface area contributed by atoms with E-state index < -0.39 is 0 Å². The molecule has 2 aromatic carbocycles. The molecule has 0 aromatic heterocycles. The molecular formula is C15H15NO. The van der Waals surface area contributed by atoms with E-state index in [9.17, 15) is 5.21 Å². The Labute approximate surface area is 101 Å². The zero-order chi connectivity index (χ0) is 12.1. The SMILES string of the molecule is Cc1ccc(C=[N+]([O-])Cc2ccccc2)cc1. The van der Waals surface area contributed by atoms with Crippen LogP contribution in [0.15, 0.2) is 54.6 Å². The van der Waals surface area contributed by atoms with Crippen LogP contribution in [0.1, 0.15) is 16.7 Å². The van der Waals surface area contributed by atoms with Crippen molar-refractivity contribution in [1.29, 1.82) is 0 Å². The van der Waals surface area contributed by atoms with Crippen molar-refractivity contribution < 1.29 is 4.74 Å². The fourth-order valence-electron chi connectivity index (χ4n) is 1.63. The maximum atomic E-state index is 11.7. The normalized spacial score (nSPS) is 11.5. The van der Waals surface area contributed by atoms with E-state index in [1.165, 1.54) is 5.56 Å². The number of aryl methyl sites for hydroxylation is 1. The summed E-state index contributed by atoms with van der Waals surface area (Å²) < 4.78 is 0.958. The fourth-order valence-corrected chi connectivity index (χ4v) is 1.63. The van der Waals surface area contributed by atoms with Crippen LogP contribution < -0.4 is 0 Å². The molecule has 2 rings (SSSR count). The van der Waals surface area contributed by atoms with Crippen molar-refractivity contribution in [2.75, 3.05) is 0 Å². The van der Waals surface area contributed by atoms with Gasteiger partial charge in [0, 0.05) is 11.1 Å². The summed E-state index contributed by atoms with van der Waals surface area (Å²) in [4.78, 5) is 0. The third-order valence-electron chi connectivity index (χ3n) is 2.55. The second kappa shape index (κ2) is 5.30. The number of benzene rings is 2. The van der Waals surface area contributed by atoms with Gasteiger partial charge in [0.25, 0.3) is 0 Å². The van der Waals surface area contributed by atoms with Crippen LogP contribution in [0, 0.1) is 12.1 Å². The Morgan fingerprint density at radius 2 is 1.65 bits per heavy atom. The Kier molecular flexibility index (Phi) is 3.55. The van der Waals surface area contributed by atoms with Crippen LogP contribution in [0.4, 0.5) is 0 Å². The Bertz CT molecular complexity index is 500. The van der Waals surface area contributed by atoms with Crippen LogP contribution in [-0.4, -0.2) is 11.0 Å². The Balaban J connectivity index is 2.09. The lowest BCUT2D eigenvalue weighted by molar-refractivity contribution is -0.469. The van der Waals surface area contributed by atoms with Crippen LogP contribution in [0.3, 0.4) is 0 Å². The molecule has 17 heavy (non-hydrogen) atoms. The van der Waals surface area contributed by atoms with E-state index in [1.54, 1.807) is 6.21 Å². The van der Waals surface area contributed by atoms with Crippen molar-refractivity contribution >= 4 is 6.21 Å². The molecule has 0 saturated carbocycles. The predicted molar refractivity (Wildman–Crippen MR) is 70.1 cm³/mol. The highest BCUT2D eigenvalue weighted by molar-refractivity contribution is 5.75. The molecule has 86 valence electrons. The summed E-state index contributed by atoms with van der Waals surface area (Å²) in [5, 5.41) is 11.7. The number of rotatable bonds is 3. The molecule has 0 N–H and O–H groups in total. The standard InChI is InChI=1S/C15H15NO/c1-13-7-9-15(10-8-13)12-16(17)11-14-5-3-2-4-6-14/h2-10,12H,11H2,1H3. The second-order valence-electron chi connectivity index (χ2n) is 4.10. The molecule has 0 spiro atoms. The highest BCUT2D eigenvalue weighted by Crippen LogP contribution is 2.02. The average Bonchev–Trinajstić information content (AvgIpc) is 2.33. The first-order valence-electron chi connectivity index (χ1n) is 5.63. The third kappa shape index (κ3) is 3.45. The lowest BCUT2D eigenvalue weighted by Crippen LogP contribution is -2.05. The molecule has 0 aliphatic carbocycles. The third-order valence-corrected chi connectivity index (χ3v) is 2.55. The monoisotopic (exact) mass is 225 g/mol. The van der Waals surface area contributed by atoms with E-state index in [1.807, 2.05) is 61.5 Å².